The van der Waals surface area contributed by atoms with E-state index >= 15 is 0 Å². The second-order valence-corrected chi connectivity index (χ2v) is 3.93. The summed E-state index contributed by atoms with van der Waals surface area (Å²) in [5, 5.41) is 12.3. The van der Waals surface area contributed by atoms with Crippen molar-refractivity contribution in [1.29, 1.82) is 0 Å². The number of aromatic nitrogens is 2. The van der Waals surface area contributed by atoms with Crippen molar-refractivity contribution >= 4 is 28.0 Å². The molecule has 18 heavy (non-hydrogen) atoms. The number of H-pyrrole nitrogens is 1. The van der Waals surface area contributed by atoms with Crippen molar-refractivity contribution in [3.63, 3.8) is 0 Å². The molecular weight excluding hydrogens is 230 g/mol. The van der Waals surface area contributed by atoms with Crippen LogP contribution in [-0.2, 0) is 0 Å². The van der Waals surface area contributed by atoms with Crippen molar-refractivity contribution in [2.24, 2.45) is 0 Å². The molecule has 0 saturated heterocycles. The smallest absolute Gasteiger partial charge is 0.235 e. The number of hydrogen-bond acceptors (Lipinski definition) is 3. The fourth-order valence-corrected chi connectivity index (χ4v) is 1.99. The Bertz CT molecular complexity index is 774. The van der Waals surface area contributed by atoms with E-state index in [1.807, 2.05) is 30.3 Å². The largest absolute Gasteiger partial charge is 0.339 e. The third-order valence-electron chi connectivity index (χ3n) is 2.78. The Hall–Kier alpha value is -2.69. The number of nitro groups is 1. The minimum Gasteiger partial charge on any atom is -0.339 e. The molecule has 0 aliphatic heterocycles. The summed E-state index contributed by atoms with van der Waals surface area (Å²) in [6, 6.07) is 9.49. The van der Waals surface area contributed by atoms with Gasteiger partial charge >= 0.3 is 0 Å². The number of benzene rings is 1. The molecule has 88 valence electrons. The van der Waals surface area contributed by atoms with Crippen molar-refractivity contribution < 1.29 is 4.92 Å². The Morgan fingerprint density at radius 3 is 3.00 bits per heavy atom. The van der Waals surface area contributed by atoms with Gasteiger partial charge in [-0.1, -0.05) is 6.07 Å². The van der Waals surface area contributed by atoms with E-state index in [2.05, 4.69) is 9.97 Å². The first kappa shape index (κ1) is 10.5. The summed E-state index contributed by atoms with van der Waals surface area (Å²) >= 11 is 0. The predicted octanol–water partition coefficient (Wildman–Crippen LogP) is 2.96. The standard InChI is InChI=1S/C13H9N3O2/c17-16(18)7-5-9-3-4-12-11(8-9)10-2-1-6-14-13(10)15-12/h1-8H,(H,14,15). The van der Waals surface area contributed by atoms with Crippen LogP contribution in [0.2, 0.25) is 0 Å². The van der Waals surface area contributed by atoms with Gasteiger partial charge in [0.05, 0.1) is 4.92 Å². The second-order valence-electron chi connectivity index (χ2n) is 3.93. The molecule has 1 aromatic carbocycles. The van der Waals surface area contributed by atoms with Gasteiger partial charge in [-0.05, 0) is 29.8 Å². The lowest BCUT2D eigenvalue weighted by Gasteiger charge is -1.93. The minimum absolute atomic E-state index is 0.471. The molecule has 0 bridgehead atoms. The summed E-state index contributed by atoms with van der Waals surface area (Å²) in [4.78, 5) is 17.3. The first-order valence-corrected chi connectivity index (χ1v) is 5.42. The van der Waals surface area contributed by atoms with Crippen molar-refractivity contribution in [3.8, 4) is 0 Å². The van der Waals surface area contributed by atoms with Crippen LogP contribution in [0, 0.1) is 10.1 Å². The van der Waals surface area contributed by atoms with Gasteiger partial charge < -0.3 is 4.98 Å². The number of aromatic amines is 1. The topological polar surface area (TPSA) is 71.8 Å². The predicted molar refractivity (Wildman–Crippen MR) is 69.6 cm³/mol. The molecular formula is C13H9N3O2. The summed E-state index contributed by atoms with van der Waals surface area (Å²) in [7, 11) is 0. The van der Waals surface area contributed by atoms with E-state index in [0.29, 0.717) is 0 Å². The fourth-order valence-electron chi connectivity index (χ4n) is 1.99. The van der Waals surface area contributed by atoms with E-state index < -0.39 is 4.92 Å². The molecule has 5 nitrogen and oxygen atoms in total. The fraction of sp³-hybridized carbons (Fsp3) is 0. The Balaban J connectivity index is 2.21. The molecule has 0 radical (unpaired) electrons. The van der Waals surface area contributed by atoms with Gasteiger partial charge in [-0.15, -0.1) is 0 Å². The molecule has 0 saturated carbocycles. The van der Waals surface area contributed by atoms with E-state index in [-0.39, 0.29) is 0 Å². The minimum atomic E-state index is -0.471. The molecule has 2 aromatic heterocycles. The van der Waals surface area contributed by atoms with Crippen LogP contribution in [0.3, 0.4) is 0 Å². The molecule has 0 fully saturated rings. The van der Waals surface area contributed by atoms with E-state index in [0.717, 1.165) is 33.7 Å². The maximum absolute atomic E-state index is 10.3. The molecule has 0 unspecified atom stereocenters. The van der Waals surface area contributed by atoms with Gasteiger partial charge in [-0.3, -0.25) is 10.1 Å². The van der Waals surface area contributed by atoms with Crippen LogP contribution in [0.1, 0.15) is 5.56 Å². The number of nitrogens with zero attached hydrogens (tertiary/aromatic N) is 2. The van der Waals surface area contributed by atoms with E-state index in [1.165, 1.54) is 6.08 Å². The molecule has 1 N–H and O–H groups in total. The molecule has 3 aromatic rings. The van der Waals surface area contributed by atoms with Gasteiger partial charge in [0.25, 0.3) is 0 Å². The van der Waals surface area contributed by atoms with Crippen LogP contribution in [0.4, 0.5) is 0 Å². The van der Waals surface area contributed by atoms with Crippen LogP contribution >= 0.6 is 0 Å². The molecule has 3 rings (SSSR count). The van der Waals surface area contributed by atoms with Gasteiger partial charge in [0.15, 0.2) is 0 Å². The van der Waals surface area contributed by atoms with Gasteiger partial charge in [0.2, 0.25) is 6.20 Å². The molecule has 0 amide bonds. The number of fused-ring (bicyclic) bond motifs is 3. The van der Waals surface area contributed by atoms with Gasteiger partial charge in [-0.25, -0.2) is 4.98 Å². The third-order valence-corrected chi connectivity index (χ3v) is 2.78. The highest BCUT2D eigenvalue weighted by molar-refractivity contribution is 6.06. The highest BCUT2D eigenvalue weighted by atomic mass is 16.6. The number of nitrogens with one attached hydrogen (secondary N) is 1. The molecule has 0 aliphatic carbocycles. The zero-order valence-electron chi connectivity index (χ0n) is 9.33. The molecule has 0 atom stereocenters. The molecule has 0 aliphatic rings. The average Bonchev–Trinajstić information content (AvgIpc) is 2.74. The normalized spacial score (nSPS) is 11.6. The van der Waals surface area contributed by atoms with Crippen molar-refractivity contribution in [2.75, 3.05) is 0 Å². The molecule has 2 heterocycles. The summed E-state index contributed by atoms with van der Waals surface area (Å²) < 4.78 is 0. The maximum atomic E-state index is 10.3. The summed E-state index contributed by atoms with van der Waals surface area (Å²) in [6.45, 7) is 0. The van der Waals surface area contributed by atoms with Crippen LogP contribution in [0.5, 0.6) is 0 Å². The molecule has 5 heteroatoms. The number of pyridine rings is 1. The highest BCUT2D eigenvalue weighted by Crippen LogP contribution is 2.25. The Morgan fingerprint density at radius 1 is 1.28 bits per heavy atom. The Labute approximate surface area is 102 Å². The monoisotopic (exact) mass is 239 g/mol. The first-order chi connectivity index (χ1) is 8.74. The van der Waals surface area contributed by atoms with Crippen molar-refractivity contribution in [1.82, 2.24) is 9.97 Å². The Kier molecular flexibility index (Phi) is 2.30. The second kappa shape index (κ2) is 3.96. The van der Waals surface area contributed by atoms with E-state index in [4.69, 9.17) is 0 Å². The highest BCUT2D eigenvalue weighted by Gasteiger charge is 2.04. The lowest BCUT2D eigenvalue weighted by Crippen LogP contribution is -1.82. The number of rotatable bonds is 2. The van der Waals surface area contributed by atoms with Gasteiger partial charge in [-0.2, -0.15) is 0 Å². The zero-order valence-corrected chi connectivity index (χ0v) is 9.33. The van der Waals surface area contributed by atoms with E-state index in [1.54, 1.807) is 6.20 Å². The summed E-state index contributed by atoms with van der Waals surface area (Å²) in [5.74, 6) is 0. The maximum Gasteiger partial charge on any atom is 0.235 e. The number of hydrogen-bond donors (Lipinski definition) is 1. The Morgan fingerprint density at radius 2 is 2.17 bits per heavy atom. The summed E-state index contributed by atoms with van der Waals surface area (Å²) in [5.41, 5.74) is 2.59. The quantitative estimate of drug-likeness (QED) is 0.552. The SMILES string of the molecule is O=[N+]([O-])C=Cc1ccc2[nH]c3ncccc3c2c1. The first-order valence-electron chi connectivity index (χ1n) is 5.42. The lowest BCUT2D eigenvalue weighted by atomic mass is 10.1. The average molecular weight is 239 g/mol. The van der Waals surface area contributed by atoms with Gasteiger partial charge in [0.1, 0.15) is 5.65 Å². The van der Waals surface area contributed by atoms with Crippen LogP contribution in [0.25, 0.3) is 28.0 Å². The van der Waals surface area contributed by atoms with Crippen LogP contribution in [0.15, 0.2) is 42.7 Å². The summed E-state index contributed by atoms with van der Waals surface area (Å²) in [6.07, 6.45) is 4.15. The van der Waals surface area contributed by atoms with Crippen molar-refractivity contribution in [3.05, 3.63) is 58.4 Å². The van der Waals surface area contributed by atoms with Crippen LogP contribution in [-0.4, -0.2) is 14.9 Å². The van der Waals surface area contributed by atoms with E-state index in [9.17, 15) is 10.1 Å². The van der Waals surface area contributed by atoms with Crippen molar-refractivity contribution in [2.45, 2.75) is 0 Å². The zero-order chi connectivity index (χ0) is 12.5. The molecule has 0 spiro atoms. The van der Waals surface area contributed by atoms with Gasteiger partial charge in [0, 0.05) is 28.6 Å². The third kappa shape index (κ3) is 1.71. The lowest BCUT2D eigenvalue weighted by molar-refractivity contribution is -0.400. The van der Waals surface area contributed by atoms with Crippen LogP contribution < -0.4 is 0 Å².